The first-order valence-corrected chi connectivity index (χ1v) is 9.57. The summed E-state index contributed by atoms with van der Waals surface area (Å²) in [7, 11) is 0. The number of halogens is 1. The predicted octanol–water partition coefficient (Wildman–Crippen LogP) is 4.20. The monoisotopic (exact) mass is 362 g/mol. The molecule has 1 aliphatic rings. The molecule has 1 fully saturated rings. The van der Waals surface area contributed by atoms with Crippen LogP contribution in [0.15, 0.2) is 47.1 Å². The van der Waals surface area contributed by atoms with Crippen LogP contribution in [0.3, 0.4) is 0 Å². The number of nitrogens with two attached hydrogens (primary N) is 1. The van der Waals surface area contributed by atoms with Crippen molar-refractivity contribution in [2.45, 2.75) is 51.7 Å². The van der Waals surface area contributed by atoms with Crippen molar-refractivity contribution in [3.05, 3.63) is 59.0 Å². The number of furan rings is 1. The van der Waals surface area contributed by atoms with Crippen LogP contribution in [-0.4, -0.2) is 18.8 Å². The van der Waals surface area contributed by atoms with Gasteiger partial charge in [0.2, 0.25) is 0 Å². The van der Waals surface area contributed by atoms with Crippen LogP contribution in [0.2, 0.25) is 5.02 Å². The van der Waals surface area contributed by atoms with Crippen molar-refractivity contribution in [1.82, 2.24) is 0 Å². The molecule has 1 saturated heterocycles. The minimum Gasteiger partial charge on any atom is -0.463 e. The molecule has 3 nitrogen and oxygen atoms in total. The maximum atomic E-state index is 6.45. The number of hydrogen-bond donors (Lipinski definition) is 1. The number of rotatable bonds is 7. The second-order valence-electron chi connectivity index (χ2n) is 7.91. The van der Waals surface area contributed by atoms with Gasteiger partial charge in [-0.3, -0.25) is 0 Å². The van der Waals surface area contributed by atoms with E-state index in [0.717, 1.165) is 56.2 Å². The number of quaternary nitrogens is 1. The highest BCUT2D eigenvalue weighted by molar-refractivity contribution is 6.31. The Balaban J connectivity index is 1.67. The lowest BCUT2D eigenvalue weighted by Crippen LogP contribution is -2.83. The van der Waals surface area contributed by atoms with Crippen LogP contribution in [0.5, 0.6) is 0 Å². The molecule has 3 rings (SSSR count). The zero-order chi connectivity index (χ0) is 17.8. The van der Waals surface area contributed by atoms with E-state index in [0.29, 0.717) is 0 Å². The zero-order valence-corrected chi connectivity index (χ0v) is 16.0. The lowest BCUT2D eigenvalue weighted by molar-refractivity contribution is -0.674. The van der Waals surface area contributed by atoms with E-state index >= 15 is 0 Å². The Bertz CT molecular complexity index is 668. The van der Waals surface area contributed by atoms with Gasteiger partial charge in [-0.05, 0) is 62.3 Å². The molecule has 2 heterocycles. The first-order chi connectivity index (χ1) is 12.0. The number of hydrogen-bond acceptors (Lipinski definition) is 2. The summed E-state index contributed by atoms with van der Waals surface area (Å²) in [5.41, 5.74) is 1.43. The summed E-state index contributed by atoms with van der Waals surface area (Å²) >= 11 is 6.45. The summed E-state index contributed by atoms with van der Waals surface area (Å²) < 4.78 is 11.4. The molecule has 0 bridgehead atoms. The quantitative estimate of drug-likeness (QED) is 0.749. The molecule has 2 aromatic rings. The van der Waals surface area contributed by atoms with Gasteiger partial charge in [0.1, 0.15) is 6.54 Å². The Kier molecular flexibility index (Phi) is 5.88. The summed E-state index contributed by atoms with van der Waals surface area (Å²) in [5.74, 6) is 1.03. The van der Waals surface area contributed by atoms with Gasteiger partial charge in [-0.2, -0.15) is 0 Å². The molecule has 4 heteroatoms. The van der Waals surface area contributed by atoms with Crippen molar-refractivity contribution >= 4 is 11.6 Å². The Morgan fingerprint density at radius 1 is 1.16 bits per heavy atom. The van der Waals surface area contributed by atoms with Crippen LogP contribution in [0.1, 0.15) is 44.4 Å². The van der Waals surface area contributed by atoms with Crippen molar-refractivity contribution in [2.75, 3.05) is 13.2 Å². The molecule has 136 valence electrons. The summed E-state index contributed by atoms with van der Waals surface area (Å²) in [4.78, 5) is 0. The smallest absolute Gasteiger partial charge is 0.157 e. The molecule has 0 saturated carbocycles. The zero-order valence-electron chi connectivity index (χ0n) is 15.3. The van der Waals surface area contributed by atoms with Gasteiger partial charge < -0.3 is 14.5 Å². The van der Waals surface area contributed by atoms with E-state index in [1.54, 1.807) is 6.26 Å². The molecule has 0 amide bonds. The van der Waals surface area contributed by atoms with E-state index in [9.17, 15) is 0 Å². The van der Waals surface area contributed by atoms with Gasteiger partial charge in [0.05, 0.1) is 18.4 Å². The Morgan fingerprint density at radius 3 is 2.72 bits per heavy atom. The highest BCUT2D eigenvalue weighted by Gasteiger charge is 2.41. The molecular formula is C21H29ClNO2+. The fourth-order valence-electron chi connectivity index (χ4n) is 4.17. The van der Waals surface area contributed by atoms with Crippen molar-refractivity contribution < 1.29 is 14.5 Å². The Labute approximate surface area is 155 Å². The third-order valence-electron chi connectivity index (χ3n) is 5.25. The molecule has 0 spiro atoms. The van der Waals surface area contributed by atoms with E-state index in [1.807, 2.05) is 24.3 Å². The van der Waals surface area contributed by atoms with Crippen LogP contribution in [0, 0.1) is 5.41 Å². The fourth-order valence-corrected chi connectivity index (χ4v) is 4.37. The molecule has 1 aliphatic heterocycles. The van der Waals surface area contributed by atoms with Crippen molar-refractivity contribution in [1.29, 1.82) is 0 Å². The van der Waals surface area contributed by atoms with Gasteiger partial charge >= 0.3 is 0 Å². The minimum absolute atomic E-state index is 0.0689. The normalized spacial score (nSPS) is 22.8. The standard InChI is InChI=1S/C21H28ClNO2/c1-20(2)16-21(10-13-25-20,14-17-6-3-4-8-19(17)22)9-11-23-15-18-7-5-12-24-18/h3-8,12,23H,9-11,13-16H2,1-2H3/p+1/t21-/m1/s1. The lowest BCUT2D eigenvalue weighted by atomic mass is 9.68. The average Bonchev–Trinajstić information content (AvgIpc) is 3.06. The van der Waals surface area contributed by atoms with E-state index in [1.165, 1.54) is 5.56 Å². The van der Waals surface area contributed by atoms with E-state index in [2.05, 4.69) is 31.3 Å². The van der Waals surface area contributed by atoms with Crippen LogP contribution in [-0.2, 0) is 17.7 Å². The predicted molar refractivity (Wildman–Crippen MR) is 101 cm³/mol. The first-order valence-electron chi connectivity index (χ1n) is 9.20. The van der Waals surface area contributed by atoms with Crippen LogP contribution >= 0.6 is 11.6 Å². The van der Waals surface area contributed by atoms with Crippen LogP contribution < -0.4 is 5.32 Å². The number of ether oxygens (including phenoxy) is 1. The first kappa shape index (κ1) is 18.5. The average molecular weight is 363 g/mol. The topological polar surface area (TPSA) is 39.0 Å². The highest BCUT2D eigenvalue weighted by atomic mass is 35.5. The maximum absolute atomic E-state index is 6.45. The van der Waals surface area contributed by atoms with Gasteiger partial charge in [0, 0.05) is 18.1 Å². The van der Waals surface area contributed by atoms with Crippen LogP contribution in [0.4, 0.5) is 0 Å². The molecule has 0 aliphatic carbocycles. The van der Waals surface area contributed by atoms with E-state index in [-0.39, 0.29) is 11.0 Å². The minimum atomic E-state index is -0.0689. The molecule has 1 atom stereocenters. The van der Waals surface area contributed by atoms with Crippen molar-refractivity contribution in [3.63, 3.8) is 0 Å². The van der Waals surface area contributed by atoms with Crippen molar-refractivity contribution in [2.24, 2.45) is 5.41 Å². The van der Waals surface area contributed by atoms with E-state index in [4.69, 9.17) is 20.8 Å². The molecule has 25 heavy (non-hydrogen) atoms. The third kappa shape index (κ3) is 5.10. The van der Waals surface area contributed by atoms with E-state index < -0.39 is 0 Å². The molecular weight excluding hydrogens is 334 g/mol. The van der Waals surface area contributed by atoms with Gasteiger partial charge in [0.25, 0.3) is 0 Å². The summed E-state index contributed by atoms with van der Waals surface area (Å²) in [5, 5.41) is 3.22. The maximum Gasteiger partial charge on any atom is 0.157 e. The second-order valence-corrected chi connectivity index (χ2v) is 8.32. The fraction of sp³-hybridized carbons (Fsp3) is 0.524. The molecule has 0 unspecified atom stereocenters. The summed E-state index contributed by atoms with van der Waals surface area (Å²) in [6.07, 6.45) is 6.08. The molecule has 2 N–H and O–H groups in total. The third-order valence-corrected chi connectivity index (χ3v) is 5.62. The largest absolute Gasteiger partial charge is 0.463 e. The van der Waals surface area contributed by atoms with Gasteiger partial charge in [-0.1, -0.05) is 29.8 Å². The van der Waals surface area contributed by atoms with Gasteiger partial charge in [-0.25, -0.2) is 0 Å². The van der Waals surface area contributed by atoms with Crippen LogP contribution in [0.25, 0.3) is 0 Å². The summed E-state index contributed by atoms with van der Waals surface area (Å²) in [6, 6.07) is 12.2. The Hall–Kier alpha value is -1.29. The highest BCUT2D eigenvalue weighted by Crippen LogP contribution is 2.44. The molecule has 0 radical (unpaired) electrons. The van der Waals surface area contributed by atoms with Gasteiger partial charge in [0.15, 0.2) is 5.76 Å². The SMILES string of the molecule is CC1(C)C[C@@](CC[NH2+]Cc2ccco2)(Cc2ccccc2Cl)CCO1. The molecule has 1 aromatic carbocycles. The van der Waals surface area contributed by atoms with Crippen molar-refractivity contribution in [3.8, 4) is 0 Å². The second kappa shape index (κ2) is 7.94. The lowest BCUT2D eigenvalue weighted by Gasteiger charge is -2.45. The molecule has 1 aromatic heterocycles. The Morgan fingerprint density at radius 2 is 2.00 bits per heavy atom. The summed E-state index contributed by atoms with van der Waals surface area (Å²) in [6.45, 7) is 7.23. The van der Waals surface area contributed by atoms with Gasteiger partial charge in [-0.15, -0.1) is 0 Å². The number of benzene rings is 1.